The Bertz CT molecular complexity index is 1460. The molecule has 0 aliphatic carbocycles. The Labute approximate surface area is 184 Å². The summed E-state index contributed by atoms with van der Waals surface area (Å²) < 4.78 is 3.03. The van der Waals surface area contributed by atoms with E-state index in [0.29, 0.717) is 41.3 Å². The first kappa shape index (κ1) is 21.0. The van der Waals surface area contributed by atoms with E-state index in [4.69, 9.17) is 5.73 Å². The number of benzene rings is 1. The van der Waals surface area contributed by atoms with Gasteiger partial charge >= 0.3 is 0 Å². The fraction of sp³-hybridized carbons (Fsp3) is 0.261. The van der Waals surface area contributed by atoms with Crippen molar-refractivity contribution < 1.29 is 0 Å². The number of hydrogen-bond acceptors (Lipinski definition) is 7. The monoisotopic (exact) mass is 426 g/mol. The molecule has 32 heavy (non-hydrogen) atoms. The standard InChI is InChI=1S/C23H22N8O/c1-3-4-9-30-21-19(29-23(30)27-11-15(2)25)13-28-31(22(21)32)14-20-18(10-24)17-8-6-5-7-16(17)12-26-20/h5-8,12-13,15H,9,11,14,25H2,1-2H3,(H,27,29)/t15-/m0/s1. The summed E-state index contributed by atoms with van der Waals surface area (Å²) >= 11 is 0. The van der Waals surface area contributed by atoms with E-state index in [1.165, 1.54) is 10.9 Å². The van der Waals surface area contributed by atoms with E-state index in [-0.39, 0.29) is 18.1 Å². The van der Waals surface area contributed by atoms with Crippen molar-refractivity contribution in [1.82, 2.24) is 24.3 Å². The lowest BCUT2D eigenvalue weighted by Gasteiger charge is -2.10. The SMILES string of the molecule is CC#CCn1c(NC[C@H](C)N)nc2cnn(Cc3ncc4ccccc4c3C#N)c(=O)c21. The summed E-state index contributed by atoms with van der Waals surface area (Å²) in [6, 6.07) is 9.66. The lowest BCUT2D eigenvalue weighted by Crippen LogP contribution is -2.27. The van der Waals surface area contributed by atoms with Gasteiger partial charge in [-0.2, -0.15) is 10.4 Å². The Morgan fingerprint density at radius 1 is 1.28 bits per heavy atom. The van der Waals surface area contributed by atoms with Gasteiger partial charge in [0.15, 0.2) is 0 Å². The highest BCUT2D eigenvalue weighted by Gasteiger charge is 2.17. The Kier molecular flexibility index (Phi) is 5.84. The molecule has 0 amide bonds. The van der Waals surface area contributed by atoms with E-state index in [1.54, 1.807) is 17.7 Å². The lowest BCUT2D eigenvalue weighted by molar-refractivity contribution is 0.631. The first-order chi connectivity index (χ1) is 15.5. The van der Waals surface area contributed by atoms with E-state index in [0.717, 1.165) is 10.8 Å². The van der Waals surface area contributed by atoms with Gasteiger partial charge in [0.25, 0.3) is 5.56 Å². The second kappa shape index (κ2) is 8.88. The normalized spacial score (nSPS) is 11.7. The molecule has 0 saturated carbocycles. The van der Waals surface area contributed by atoms with Crippen LogP contribution in [0.5, 0.6) is 0 Å². The summed E-state index contributed by atoms with van der Waals surface area (Å²) in [6.45, 7) is 4.48. The van der Waals surface area contributed by atoms with Gasteiger partial charge in [-0.25, -0.2) is 9.67 Å². The number of pyridine rings is 1. The smallest absolute Gasteiger partial charge is 0.293 e. The van der Waals surface area contributed by atoms with Crippen LogP contribution in [0.4, 0.5) is 5.95 Å². The number of aromatic nitrogens is 5. The van der Waals surface area contributed by atoms with Crippen LogP contribution in [0.3, 0.4) is 0 Å². The van der Waals surface area contributed by atoms with Gasteiger partial charge < -0.3 is 11.1 Å². The number of nitrogens with two attached hydrogens (primary N) is 1. The third-order valence-corrected chi connectivity index (χ3v) is 5.04. The second-order valence-electron chi connectivity index (χ2n) is 7.43. The molecule has 4 rings (SSSR count). The summed E-state index contributed by atoms with van der Waals surface area (Å²) in [6.07, 6.45) is 3.24. The minimum absolute atomic E-state index is 0.0652. The zero-order valence-corrected chi connectivity index (χ0v) is 17.8. The molecular formula is C23H22N8O. The van der Waals surface area contributed by atoms with Gasteiger partial charge in [0.2, 0.25) is 5.95 Å². The summed E-state index contributed by atoms with van der Waals surface area (Å²) in [4.78, 5) is 22.3. The van der Waals surface area contributed by atoms with Crippen LogP contribution < -0.4 is 16.6 Å². The topological polar surface area (TPSA) is 127 Å². The van der Waals surface area contributed by atoms with E-state index in [1.807, 2.05) is 31.2 Å². The van der Waals surface area contributed by atoms with Crippen LogP contribution in [0.15, 0.2) is 41.5 Å². The fourth-order valence-corrected chi connectivity index (χ4v) is 3.49. The van der Waals surface area contributed by atoms with Crippen LogP contribution >= 0.6 is 0 Å². The molecule has 0 aliphatic heterocycles. The molecule has 1 aromatic carbocycles. The van der Waals surface area contributed by atoms with Gasteiger partial charge in [-0.1, -0.05) is 30.2 Å². The molecule has 3 N–H and O–H groups in total. The third kappa shape index (κ3) is 3.89. The maximum Gasteiger partial charge on any atom is 0.293 e. The third-order valence-electron chi connectivity index (χ3n) is 5.04. The van der Waals surface area contributed by atoms with E-state index in [2.05, 4.69) is 38.3 Å². The maximum absolute atomic E-state index is 13.4. The van der Waals surface area contributed by atoms with Crippen LogP contribution in [0.1, 0.15) is 25.1 Å². The number of rotatable bonds is 6. The number of anilines is 1. The van der Waals surface area contributed by atoms with Crippen LogP contribution in [0, 0.1) is 23.2 Å². The number of imidazole rings is 1. The van der Waals surface area contributed by atoms with E-state index < -0.39 is 0 Å². The van der Waals surface area contributed by atoms with Gasteiger partial charge in [0.1, 0.15) is 17.1 Å². The summed E-state index contributed by atoms with van der Waals surface area (Å²) in [7, 11) is 0. The number of nitrogens with zero attached hydrogens (tertiary/aromatic N) is 6. The zero-order chi connectivity index (χ0) is 22.7. The largest absolute Gasteiger partial charge is 0.354 e. The molecule has 0 radical (unpaired) electrons. The quantitative estimate of drug-likeness (QED) is 0.450. The molecular weight excluding hydrogens is 404 g/mol. The van der Waals surface area contributed by atoms with Crippen molar-refractivity contribution in [3.63, 3.8) is 0 Å². The minimum atomic E-state index is -0.333. The van der Waals surface area contributed by atoms with Crippen molar-refractivity contribution in [2.24, 2.45) is 5.73 Å². The first-order valence-corrected chi connectivity index (χ1v) is 10.2. The van der Waals surface area contributed by atoms with Crippen molar-refractivity contribution in [2.75, 3.05) is 11.9 Å². The minimum Gasteiger partial charge on any atom is -0.354 e. The molecule has 0 unspecified atom stereocenters. The van der Waals surface area contributed by atoms with Gasteiger partial charge in [-0.15, -0.1) is 5.92 Å². The molecule has 3 aromatic heterocycles. The highest BCUT2D eigenvalue weighted by atomic mass is 16.1. The molecule has 9 heteroatoms. The maximum atomic E-state index is 13.4. The molecule has 1 atom stereocenters. The van der Waals surface area contributed by atoms with Crippen LogP contribution in [-0.2, 0) is 13.1 Å². The predicted octanol–water partition coefficient (Wildman–Crippen LogP) is 1.84. The second-order valence-corrected chi connectivity index (χ2v) is 7.43. The number of nitrogens with one attached hydrogen (secondary N) is 1. The molecule has 0 spiro atoms. The predicted molar refractivity (Wildman–Crippen MR) is 123 cm³/mol. The Balaban J connectivity index is 1.82. The lowest BCUT2D eigenvalue weighted by atomic mass is 10.1. The van der Waals surface area contributed by atoms with Gasteiger partial charge in [-0.3, -0.25) is 14.3 Å². The average molecular weight is 426 g/mol. The molecule has 160 valence electrons. The summed E-state index contributed by atoms with van der Waals surface area (Å²) in [5.74, 6) is 6.34. The van der Waals surface area contributed by atoms with Crippen LogP contribution in [0.2, 0.25) is 0 Å². The summed E-state index contributed by atoms with van der Waals surface area (Å²) in [5.41, 5.74) is 7.28. The van der Waals surface area contributed by atoms with Gasteiger partial charge in [-0.05, 0) is 13.8 Å². The molecule has 0 aliphatic rings. The molecule has 3 heterocycles. The van der Waals surface area contributed by atoms with Gasteiger partial charge in [0.05, 0.1) is 30.5 Å². The zero-order valence-electron chi connectivity index (χ0n) is 17.8. The van der Waals surface area contributed by atoms with Crippen molar-refractivity contribution in [3.8, 4) is 17.9 Å². The molecule has 0 fully saturated rings. The van der Waals surface area contributed by atoms with Crippen molar-refractivity contribution in [2.45, 2.75) is 33.0 Å². The Morgan fingerprint density at radius 2 is 2.09 bits per heavy atom. The van der Waals surface area contributed by atoms with E-state index in [9.17, 15) is 10.1 Å². The Morgan fingerprint density at radius 3 is 2.84 bits per heavy atom. The van der Waals surface area contributed by atoms with Gasteiger partial charge in [0, 0.05) is 29.6 Å². The fourth-order valence-electron chi connectivity index (χ4n) is 3.49. The number of fused-ring (bicyclic) bond motifs is 2. The van der Waals surface area contributed by atoms with Crippen molar-refractivity contribution in [3.05, 3.63) is 58.3 Å². The van der Waals surface area contributed by atoms with E-state index >= 15 is 0 Å². The van der Waals surface area contributed by atoms with Crippen LogP contribution in [0.25, 0.3) is 21.8 Å². The first-order valence-electron chi connectivity index (χ1n) is 10.2. The van der Waals surface area contributed by atoms with Crippen molar-refractivity contribution >= 4 is 27.8 Å². The average Bonchev–Trinajstić information content (AvgIpc) is 3.16. The highest BCUT2D eigenvalue weighted by Crippen LogP contribution is 2.21. The molecule has 4 aromatic rings. The molecule has 0 saturated heterocycles. The molecule has 0 bridgehead atoms. The van der Waals surface area contributed by atoms with Crippen LogP contribution in [-0.4, -0.2) is 36.9 Å². The summed E-state index contributed by atoms with van der Waals surface area (Å²) in [5, 5.41) is 18.8. The number of hydrogen-bond donors (Lipinski definition) is 2. The number of nitriles is 1. The van der Waals surface area contributed by atoms with Crippen molar-refractivity contribution in [1.29, 1.82) is 5.26 Å². The Hall–Kier alpha value is -4.21. The molecule has 9 nitrogen and oxygen atoms in total. The highest BCUT2D eigenvalue weighted by molar-refractivity contribution is 5.87.